The molecule has 0 saturated carbocycles. The lowest BCUT2D eigenvalue weighted by atomic mass is 9.78. The minimum atomic E-state index is -0.620. The predicted molar refractivity (Wildman–Crippen MR) is 97.8 cm³/mol. The lowest BCUT2D eigenvalue weighted by Crippen LogP contribution is -2.18. The second kappa shape index (κ2) is 6.71. The van der Waals surface area contributed by atoms with Crippen LogP contribution in [0, 0.1) is 0 Å². The predicted octanol–water partition coefficient (Wildman–Crippen LogP) is 5.65. The molecular formula is C19H31O2P. The Morgan fingerprint density at radius 1 is 0.955 bits per heavy atom. The third-order valence-electron chi connectivity index (χ3n) is 4.02. The first-order chi connectivity index (χ1) is 9.93. The number of phenols is 1. The summed E-state index contributed by atoms with van der Waals surface area (Å²) in [7, 11) is -0.620. The van der Waals surface area contributed by atoms with E-state index in [4.69, 9.17) is 0 Å². The quantitative estimate of drug-likeness (QED) is 0.727. The number of carbonyl (C=O) groups excluding carboxylic acids is 1. The first-order valence-electron chi connectivity index (χ1n) is 8.10. The minimum Gasteiger partial charge on any atom is -0.507 e. The Hall–Kier alpha value is -0.880. The van der Waals surface area contributed by atoms with Crippen molar-refractivity contribution in [2.24, 2.45) is 0 Å². The van der Waals surface area contributed by atoms with Crippen LogP contribution in [0.1, 0.15) is 76.9 Å². The van der Waals surface area contributed by atoms with Gasteiger partial charge in [-0.05, 0) is 43.2 Å². The zero-order valence-corrected chi connectivity index (χ0v) is 16.3. The van der Waals surface area contributed by atoms with Crippen molar-refractivity contribution in [2.75, 3.05) is 12.3 Å². The fourth-order valence-corrected chi connectivity index (χ4v) is 4.11. The van der Waals surface area contributed by atoms with Crippen molar-refractivity contribution in [3.8, 4) is 5.75 Å². The SMILES string of the molecule is CCP(CC)C(=O)c1cc(C(C)(C)C)c(O)c(C(C)(C)C)c1. The van der Waals surface area contributed by atoms with Gasteiger partial charge >= 0.3 is 0 Å². The van der Waals surface area contributed by atoms with E-state index in [0.29, 0.717) is 5.75 Å². The van der Waals surface area contributed by atoms with Crippen LogP contribution < -0.4 is 0 Å². The lowest BCUT2D eigenvalue weighted by Gasteiger charge is -2.28. The van der Waals surface area contributed by atoms with Crippen molar-refractivity contribution in [1.82, 2.24) is 0 Å². The maximum Gasteiger partial charge on any atom is 0.184 e. The van der Waals surface area contributed by atoms with Gasteiger partial charge in [0.1, 0.15) is 5.75 Å². The maximum atomic E-state index is 12.8. The smallest absolute Gasteiger partial charge is 0.184 e. The number of carbonyl (C=O) groups is 1. The highest BCUT2D eigenvalue weighted by atomic mass is 31.1. The fourth-order valence-electron chi connectivity index (χ4n) is 2.59. The fraction of sp³-hybridized carbons (Fsp3) is 0.632. The average molecular weight is 322 g/mol. The van der Waals surface area contributed by atoms with E-state index in [1.54, 1.807) is 0 Å². The summed E-state index contributed by atoms with van der Waals surface area (Å²) in [6, 6.07) is 3.82. The second-order valence-electron chi connectivity index (χ2n) is 7.90. The molecule has 22 heavy (non-hydrogen) atoms. The van der Waals surface area contributed by atoms with Crippen molar-refractivity contribution >= 4 is 13.4 Å². The van der Waals surface area contributed by atoms with Gasteiger partial charge in [0.15, 0.2) is 5.52 Å². The molecule has 0 fully saturated rings. The molecule has 0 unspecified atom stereocenters. The zero-order valence-electron chi connectivity index (χ0n) is 15.4. The van der Waals surface area contributed by atoms with Crippen LogP contribution in [-0.2, 0) is 10.8 Å². The number of rotatable bonds is 4. The molecular weight excluding hydrogens is 291 g/mol. The first kappa shape index (κ1) is 19.2. The molecule has 1 aromatic rings. The van der Waals surface area contributed by atoms with Gasteiger partial charge in [-0.2, -0.15) is 0 Å². The summed E-state index contributed by atoms with van der Waals surface area (Å²) in [4.78, 5) is 12.8. The van der Waals surface area contributed by atoms with Gasteiger partial charge in [-0.1, -0.05) is 55.4 Å². The average Bonchev–Trinajstić information content (AvgIpc) is 2.37. The standard InChI is InChI=1S/C19H31O2P/c1-9-22(10-2)17(21)13-11-14(18(3,4)5)16(20)15(12-13)19(6,7)8/h11-12,20H,9-10H2,1-8H3. The molecule has 0 aliphatic rings. The third-order valence-corrected chi connectivity index (χ3v) is 6.38. The van der Waals surface area contributed by atoms with Gasteiger partial charge in [-0.25, -0.2) is 0 Å². The van der Waals surface area contributed by atoms with E-state index in [1.165, 1.54) is 0 Å². The Kier molecular flexibility index (Phi) is 5.84. The Balaban J connectivity index is 3.58. The molecule has 0 aromatic heterocycles. The first-order valence-corrected chi connectivity index (χ1v) is 9.81. The number of phenolic OH excluding ortho intramolecular Hbond substituents is 1. The molecule has 0 bridgehead atoms. The highest BCUT2D eigenvalue weighted by molar-refractivity contribution is 7.75. The second-order valence-corrected chi connectivity index (χ2v) is 10.6. The lowest BCUT2D eigenvalue weighted by molar-refractivity contribution is 0.108. The molecule has 3 heteroatoms. The van der Waals surface area contributed by atoms with Crippen LogP contribution in [0.15, 0.2) is 12.1 Å². The molecule has 0 amide bonds. The summed E-state index contributed by atoms with van der Waals surface area (Å²) in [5.41, 5.74) is 2.37. The van der Waals surface area contributed by atoms with E-state index in [2.05, 4.69) is 55.4 Å². The van der Waals surface area contributed by atoms with Gasteiger partial charge in [0.25, 0.3) is 0 Å². The number of hydrogen-bond acceptors (Lipinski definition) is 2. The monoisotopic (exact) mass is 322 g/mol. The van der Waals surface area contributed by atoms with Gasteiger partial charge in [0, 0.05) is 16.7 Å². The Labute approximate surface area is 137 Å². The summed E-state index contributed by atoms with van der Waals surface area (Å²) < 4.78 is 0. The summed E-state index contributed by atoms with van der Waals surface area (Å²) in [6.45, 7) is 16.6. The third kappa shape index (κ3) is 4.10. The van der Waals surface area contributed by atoms with Crippen molar-refractivity contribution in [2.45, 2.75) is 66.2 Å². The van der Waals surface area contributed by atoms with Gasteiger partial charge < -0.3 is 5.11 Å². The van der Waals surface area contributed by atoms with E-state index in [1.807, 2.05) is 12.1 Å². The van der Waals surface area contributed by atoms with Crippen molar-refractivity contribution in [3.05, 3.63) is 28.8 Å². The molecule has 0 saturated heterocycles. The molecule has 1 aromatic carbocycles. The number of benzene rings is 1. The molecule has 1 rings (SSSR count). The van der Waals surface area contributed by atoms with E-state index in [9.17, 15) is 9.90 Å². The summed E-state index contributed by atoms with van der Waals surface area (Å²) in [5.74, 6) is 0.342. The maximum absolute atomic E-state index is 12.8. The van der Waals surface area contributed by atoms with Crippen LogP contribution in [0.3, 0.4) is 0 Å². The molecule has 0 atom stereocenters. The minimum absolute atomic E-state index is 0.193. The summed E-state index contributed by atoms with van der Waals surface area (Å²) in [6.07, 6.45) is 1.84. The van der Waals surface area contributed by atoms with Crippen molar-refractivity contribution in [3.63, 3.8) is 0 Å². The summed E-state index contributed by atoms with van der Waals surface area (Å²) in [5, 5.41) is 10.7. The number of hydrogen-bond donors (Lipinski definition) is 1. The molecule has 0 spiro atoms. The van der Waals surface area contributed by atoms with Crippen LogP contribution in [0.4, 0.5) is 0 Å². The molecule has 0 aliphatic carbocycles. The topological polar surface area (TPSA) is 37.3 Å². The van der Waals surface area contributed by atoms with Crippen LogP contribution in [0.5, 0.6) is 5.75 Å². The Morgan fingerprint density at radius 3 is 1.59 bits per heavy atom. The molecule has 0 aliphatic heterocycles. The largest absolute Gasteiger partial charge is 0.507 e. The van der Waals surface area contributed by atoms with Crippen molar-refractivity contribution in [1.29, 1.82) is 0 Å². The van der Waals surface area contributed by atoms with Crippen LogP contribution in [0.2, 0.25) is 0 Å². The molecule has 0 heterocycles. The zero-order chi connectivity index (χ0) is 17.3. The molecule has 0 radical (unpaired) electrons. The Bertz CT molecular complexity index is 509. The highest BCUT2D eigenvalue weighted by Gasteiger charge is 2.28. The normalized spacial score (nSPS) is 12.8. The molecule has 124 valence electrons. The van der Waals surface area contributed by atoms with Crippen LogP contribution >= 0.6 is 7.92 Å². The van der Waals surface area contributed by atoms with Crippen LogP contribution in [-0.4, -0.2) is 23.0 Å². The van der Waals surface area contributed by atoms with E-state index < -0.39 is 7.92 Å². The molecule has 2 nitrogen and oxygen atoms in total. The van der Waals surface area contributed by atoms with Gasteiger partial charge in [-0.3, -0.25) is 4.79 Å². The molecule has 1 N–H and O–H groups in total. The van der Waals surface area contributed by atoms with Gasteiger partial charge in [-0.15, -0.1) is 0 Å². The van der Waals surface area contributed by atoms with E-state index >= 15 is 0 Å². The van der Waals surface area contributed by atoms with Gasteiger partial charge in [0.2, 0.25) is 0 Å². The van der Waals surface area contributed by atoms with E-state index in [0.717, 1.165) is 29.0 Å². The van der Waals surface area contributed by atoms with E-state index in [-0.39, 0.29) is 16.4 Å². The van der Waals surface area contributed by atoms with Crippen LogP contribution in [0.25, 0.3) is 0 Å². The highest BCUT2D eigenvalue weighted by Crippen LogP contribution is 2.44. The summed E-state index contributed by atoms with van der Waals surface area (Å²) >= 11 is 0. The van der Waals surface area contributed by atoms with Crippen molar-refractivity contribution < 1.29 is 9.90 Å². The van der Waals surface area contributed by atoms with Gasteiger partial charge in [0.05, 0.1) is 0 Å². The Morgan fingerprint density at radius 2 is 1.32 bits per heavy atom. The number of aromatic hydroxyl groups is 1.